The van der Waals surface area contributed by atoms with Gasteiger partial charge >= 0.3 is 0 Å². The Morgan fingerprint density at radius 2 is 2.27 bits per heavy atom. The Bertz CT molecular complexity index is 176. The highest BCUT2D eigenvalue weighted by atomic mass is 16.5. The van der Waals surface area contributed by atoms with Crippen LogP contribution in [-0.4, -0.2) is 62.0 Å². The minimum Gasteiger partial charge on any atom is -0.392 e. The number of aliphatic hydroxyl groups is 1. The molecule has 0 aromatic heterocycles. The topological polar surface area (TPSA) is 44.7 Å². The van der Waals surface area contributed by atoms with Crippen molar-refractivity contribution in [1.82, 2.24) is 10.2 Å². The van der Waals surface area contributed by atoms with Gasteiger partial charge in [0, 0.05) is 26.2 Å². The lowest BCUT2D eigenvalue weighted by molar-refractivity contribution is -0.0196. The first-order chi connectivity index (χ1) is 7.09. The molecule has 2 unspecified atom stereocenters. The van der Waals surface area contributed by atoms with Crippen molar-refractivity contribution in [3.05, 3.63) is 0 Å². The van der Waals surface area contributed by atoms with E-state index in [1.165, 1.54) is 0 Å². The van der Waals surface area contributed by atoms with Gasteiger partial charge in [-0.3, -0.25) is 0 Å². The molecule has 0 bridgehead atoms. The molecule has 4 nitrogen and oxygen atoms in total. The second-order valence-electron chi connectivity index (χ2n) is 4.72. The van der Waals surface area contributed by atoms with E-state index >= 15 is 0 Å². The van der Waals surface area contributed by atoms with Crippen LogP contribution in [0.1, 0.15) is 13.8 Å². The Hall–Kier alpha value is -0.160. The molecule has 0 amide bonds. The molecule has 1 aliphatic heterocycles. The molecule has 1 aliphatic rings. The van der Waals surface area contributed by atoms with Crippen LogP contribution in [0.2, 0.25) is 0 Å². The zero-order valence-corrected chi connectivity index (χ0v) is 10.1. The van der Waals surface area contributed by atoms with Crippen molar-refractivity contribution < 1.29 is 9.84 Å². The standard InChI is InChI=1S/C11H24N2O2/c1-9(2)11(14)7-12-6-10-8-13(3)4-5-15-10/h9-12,14H,4-8H2,1-3H3. The first-order valence-electron chi connectivity index (χ1n) is 5.78. The number of hydrogen-bond donors (Lipinski definition) is 2. The third-order valence-electron chi connectivity index (χ3n) is 2.84. The van der Waals surface area contributed by atoms with Crippen molar-refractivity contribution in [3.8, 4) is 0 Å². The molecule has 90 valence electrons. The van der Waals surface area contributed by atoms with Crippen molar-refractivity contribution >= 4 is 0 Å². The lowest BCUT2D eigenvalue weighted by Gasteiger charge is -2.30. The average molecular weight is 216 g/mol. The van der Waals surface area contributed by atoms with Gasteiger partial charge in [-0.1, -0.05) is 13.8 Å². The number of aliphatic hydroxyl groups excluding tert-OH is 1. The van der Waals surface area contributed by atoms with E-state index < -0.39 is 0 Å². The fourth-order valence-corrected chi connectivity index (χ4v) is 1.62. The van der Waals surface area contributed by atoms with Crippen LogP contribution in [0.15, 0.2) is 0 Å². The maximum Gasteiger partial charge on any atom is 0.0826 e. The summed E-state index contributed by atoms with van der Waals surface area (Å²) in [4.78, 5) is 2.27. The molecule has 1 rings (SSSR count). The van der Waals surface area contributed by atoms with Crippen molar-refractivity contribution in [2.24, 2.45) is 5.92 Å². The average Bonchev–Trinajstić information content (AvgIpc) is 2.17. The van der Waals surface area contributed by atoms with Crippen molar-refractivity contribution in [3.63, 3.8) is 0 Å². The Balaban J connectivity index is 2.09. The van der Waals surface area contributed by atoms with E-state index in [0.29, 0.717) is 12.5 Å². The summed E-state index contributed by atoms with van der Waals surface area (Å²) in [6, 6.07) is 0. The van der Waals surface area contributed by atoms with Gasteiger partial charge in [-0.25, -0.2) is 0 Å². The summed E-state index contributed by atoms with van der Waals surface area (Å²) in [5, 5.41) is 12.8. The summed E-state index contributed by atoms with van der Waals surface area (Å²) in [7, 11) is 2.11. The maximum atomic E-state index is 9.59. The molecule has 0 saturated carbocycles. The molecule has 2 N–H and O–H groups in total. The molecule has 0 aromatic carbocycles. The summed E-state index contributed by atoms with van der Waals surface area (Å²) in [5.41, 5.74) is 0. The highest BCUT2D eigenvalue weighted by Crippen LogP contribution is 2.02. The zero-order chi connectivity index (χ0) is 11.3. The molecule has 1 heterocycles. The molecule has 4 heteroatoms. The molecule has 2 atom stereocenters. The molecule has 0 aliphatic carbocycles. The van der Waals surface area contributed by atoms with E-state index in [2.05, 4.69) is 17.3 Å². The van der Waals surface area contributed by atoms with E-state index in [9.17, 15) is 5.11 Å². The van der Waals surface area contributed by atoms with E-state index in [-0.39, 0.29) is 12.2 Å². The van der Waals surface area contributed by atoms with Gasteiger partial charge in [0.1, 0.15) is 0 Å². The Morgan fingerprint density at radius 3 is 2.87 bits per heavy atom. The number of nitrogens with one attached hydrogen (secondary N) is 1. The van der Waals surface area contributed by atoms with Crippen LogP contribution in [0, 0.1) is 5.92 Å². The maximum absolute atomic E-state index is 9.59. The number of morpholine rings is 1. The fourth-order valence-electron chi connectivity index (χ4n) is 1.62. The number of nitrogens with zero attached hydrogens (tertiary/aromatic N) is 1. The van der Waals surface area contributed by atoms with Crippen LogP contribution in [0.4, 0.5) is 0 Å². The van der Waals surface area contributed by atoms with Crippen molar-refractivity contribution in [1.29, 1.82) is 0 Å². The van der Waals surface area contributed by atoms with E-state index in [0.717, 1.165) is 26.2 Å². The Morgan fingerprint density at radius 1 is 1.53 bits per heavy atom. The largest absolute Gasteiger partial charge is 0.392 e. The SMILES string of the molecule is CC(C)C(O)CNCC1CN(C)CCO1. The van der Waals surface area contributed by atoms with E-state index in [1.807, 2.05) is 13.8 Å². The minimum absolute atomic E-state index is 0.258. The van der Waals surface area contributed by atoms with E-state index in [1.54, 1.807) is 0 Å². The predicted octanol–water partition coefficient (Wildman–Crippen LogP) is -0.0765. The summed E-state index contributed by atoms with van der Waals surface area (Å²) >= 11 is 0. The van der Waals surface area contributed by atoms with Gasteiger partial charge in [-0.2, -0.15) is 0 Å². The smallest absolute Gasteiger partial charge is 0.0826 e. The number of hydrogen-bond acceptors (Lipinski definition) is 4. The molecular weight excluding hydrogens is 192 g/mol. The molecule has 1 saturated heterocycles. The molecule has 0 radical (unpaired) electrons. The minimum atomic E-state index is -0.258. The van der Waals surface area contributed by atoms with Crippen LogP contribution in [-0.2, 0) is 4.74 Å². The van der Waals surface area contributed by atoms with Gasteiger partial charge in [0.05, 0.1) is 18.8 Å². The highest BCUT2D eigenvalue weighted by molar-refractivity contribution is 4.72. The number of ether oxygens (including phenoxy) is 1. The predicted molar refractivity (Wildman–Crippen MR) is 61.0 cm³/mol. The first kappa shape index (κ1) is 12.9. The monoisotopic (exact) mass is 216 g/mol. The quantitative estimate of drug-likeness (QED) is 0.675. The van der Waals surface area contributed by atoms with Crippen LogP contribution in [0.25, 0.3) is 0 Å². The van der Waals surface area contributed by atoms with Crippen LogP contribution >= 0.6 is 0 Å². The lowest BCUT2D eigenvalue weighted by atomic mass is 10.1. The van der Waals surface area contributed by atoms with E-state index in [4.69, 9.17) is 4.74 Å². The van der Waals surface area contributed by atoms with Gasteiger partial charge in [-0.15, -0.1) is 0 Å². The lowest BCUT2D eigenvalue weighted by Crippen LogP contribution is -2.46. The second kappa shape index (κ2) is 6.43. The molecule has 1 fully saturated rings. The molecule has 0 aromatic rings. The Labute approximate surface area is 92.6 Å². The number of likely N-dealkylation sites (N-methyl/N-ethyl adjacent to an activating group) is 1. The summed E-state index contributed by atoms with van der Waals surface area (Å²) < 4.78 is 5.60. The van der Waals surface area contributed by atoms with Crippen LogP contribution in [0.5, 0.6) is 0 Å². The summed E-state index contributed by atoms with van der Waals surface area (Å²) in [5.74, 6) is 0.312. The van der Waals surface area contributed by atoms with Crippen molar-refractivity contribution in [2.75, 3.05) is 39.8 Å². The zero-order valence-electron chi connectivity index (χ0n) is 10.1. The molecule has 0 spiro atoms. The van der Waals surface area contributed by atoms with Gasteiger partial charge in [0.25, 0.3) is 0 Å². The van der Waals surface area contributed by atoms with Crippen LogP contribution < -0.4 is 5.32 Å². The normalized spacial score (nSPS) is 25.8. The first-order valence-corrected chi connectivity index (χ1v) is 5.78. The van der Waals surface area contributed by atoms with Gasteiger partial charge in [-0.05, 0) is 13.0 Å². The Kier molecular flexibility index (Phi) is 5.53. The third-order valence-corrected chi connectivity index (χ3v) is 2.84. The fraction of sp³-hybridized carbons (Fsp3) is 1.00. The van der Waals surface area contributed by atoms with Crippen LogP contribution in [0.3, 0.4) is 0 Å². The molecule has 15 heavy (non-hydrogen) atoms. The highest BCUT2D eigenvalue weighted by Gasteiger charge is 2.17. The summed E-state index contributed by atoms with van der Waals surface area (Å²) in [6.07, 6.45) is 0.00873. The van der Waals surface area contributed by atoms with Gasteiger partial charge in [0.2, 0.25) is 0 Å². The van der Waals surface area contributed by atoms with Gasteiger partial charge < -0.3 is 20.1 Å². The second-order valence-corrected chi connectivity index (χ2v) is 4.72. The van der Waals surface area contributed by atoms with Crippen molar-refractivity contribution in [2.45, 2.75) is 26.1 Å². The third kappa shape index (κ3) is 4.93. The van der Waals surface area contributed by atoms with Gasteiger partial charge in [0.15, 0.2) is 0 Å². The number of rotatable bonds is 5. The summed E-state index contributed by atoms with van der Waals surface area (Å²) in [6.45, 7) is 8.34. The molecular formula is C11H24N2O2.